The van der Waals surface area contributed by atoms with Crippen molar-refractivity contribution in [2.75, 3.05) is 20.1 Å². The highest BCUT2D eigenvalue weighted by molar-refractivity contribution is 5.82. The molecule has 0 amide bonds. The number of carbonyl (C=O) groups excluding carboxylic acids is 1. The summed E-state index contributed by atoms with van der Waals surface area (Å²) in [7, 11) is 1.96. The number of unbranched alkanes of at least 4 members (excludes halogenated alkanes) is 1. The van der Waals surface area contributed by atoms with Crippen LogP contribution in [0.15, 0.2) is 24.3 Å². The molecule has 0 aliphatic carbocycles. The number of nitrogens with zero attached hydrogens (tertiary/aromatic N) is 1. The molecule has 0 N–H and O–H groups in total. The SMILES string of the molecule is CCCCN(C)CC(=O)Cc1ccc(F)cc1. The van der Waals surface area contributed by atoms with Crippen molar-refractivity contribution in [3.63, 3.8) is 0 Å². The molecular weight excluding hydrogens is 217 g/mol. The molecule has 0 heterocycles. The third kappa shape index (κ3) is 5.59. The van der Waals surface area contributed by atoms with Gasteiger partial charge < -0.3 is 0 Å². The number of halogens is 1. The fourth-order valence-electron chi connectivity index (χ4n) is 1.69. The first-order valence-corrected chi connectivity index (χ1v) is 6.06. The Labute approximate surface area is 102 Å². The summed E-state index contributed by atoms with van der Waals surface area (Å²) in [5.74, 6) is -0.0866. The summed E-state index contributed by atoms with van der Waals surface area (Å²) >= 11 is 0. The lowest BCUT2D eigenvalue weighted by molar-refractivity contribution is -0.119. The van der Waals surface area contributed by atoms with Gasteiger partial charge in [0, 0.05) is 6.42 Å². The van der Waals surface area contributed by atoms with Gasteiger partial charge in [-0.05, 0) is 37.7 Å². The third-order valence-electron chi connectivity index (χ3n) is 2.65. The van der Waals surface area contributed by atoms with Crippen molar-refractivity contribution >= 4 is 5.78 Å². The molecule has 2 nitrogen and oxygen atoms in total. The predicted molar refractivity (Wildman–Crippen MR) is 67.5 cm³/mol. The second-order valence-corrected chi connectivity index (χ2v) is 4.43. The summed E-state index contributed by atoms with van der Waals surface area (Å²) in [6.45, 7) is 3.55. The van der Waals surface area contributed by atoms with E-state index in [4.69, 9.17) is 0 Å². The molecule has 0 atom stereocenters. The highest BCUT2D eigenvalue weighted by Crippen LogP contribution is 2.04. The van der Waals surface area contributed by atoms with Crippen molar-refractivity contribution in [3.05, 3.63) is 35.6 Å². The van der Waals surface area contributed by atoms with E-state index in [1.165, 1.54) is 12.1 Å². The summed E-state index contributed by atoms with van der Waals surface area (Å²) < 4.78 is 12.7. The van der Waals surface area contributed by atoms with E-state index in [0.717, 1.165) is 24.9 Å². The van der Waals surface area contributed by atoms with Crippen LogP contribution < -0.4 is 0 Å². The second-order valence-electron chi connectivity index (χ2n) is 4.43. The van der Waals surface area contributed by atoms with E-state index in [9.17, 15) is 9.18 Å². The number of rotatable bonds is 7. The van der Waals surface area contributed by atoms with Crippen molar-refractivity contribution in [2.24, 2.45) is 0 Å². The van der Waals surface area contributed by atoms with Crippen LogP contribution in [0.25, 0.3) is 0 Å². The quantitative estimate of drug-likeness (QED) is 0.726. The van der Waals surface area contributed by atoms with Gasteiger partial charge in [-0.3, -0.25) is 9.69 Å². The topological polar surface area (TPSA) is 20.3 Å². The van der Waals surface area contributed by atoms with Gasteiger partial charge in [-0.2, -0.15) is 0 Å². The Morgan fingerprint density at radius 3 is 2.53 bits per heavy atom. The van der Waals surface area contributed by atoms with Crippen LogP contribution in [0.4, 0.5) is 4.39 Å². The monoisotopic (exact) mass is 237 g/mol. The summed E-state index contributed by atoms with van der Waals surface area (Å²) in [5, 5.41) is 0. The van der Waals surface area contributed by atoms with Gasteiger partial charge in [-0.1, -0.05) is 25.5 Å². The predicted octanol–water partition coefficient (Wildman–Crippen LogP) is 2.67. The van der Waals surface area contributed by atoms with E-state index < -0.39 is 0 Å². The zero-order valence-corrected chi connectivity index (χ0v) is 10.6. The molecule has 3 heteroatoms. The van der Waals surface area contributed by atoms with Crippen molar-refractivity contribution in [3.8, 4) is 0 Å². The summed E-state index contributed by atoms with van der Waals surface area (Å²) in [6, 6.07) is 6.12. The van der Waals surface area contributed by atoms with Crippen LogP contribution in [-0.2, 0) is 11.2 Å². The molecule has 0 unspecified atom stereocenters. The smallest absolute Gasteiger partial charge is 0.151 e. The molecule has 1 rings (SSSR count). The molecule has 17 heavy (non-hydrogen) atoms. The van der Waals surface area contributed by atoms with E-state index >= 15 is 0 Å². The number of Topliss-reactive ketones (excluding diaryl/α,β-unsaturated/α-hetero) is 1. The van der Waals surface area contributed by atoms with E-state index in [-0.39, 0.29) is 11.6 Å². The zero-order valence-electron chi connectivity index (χ0n) is 10.6. The standard InChI is InChI=1S/C14H20FNO/c1-3-4-9-16(2)11-14(17)10-12-5-7-13(15)8-6-12/h5-8H,3-4,9-11H2,1-2H3. The molecule has 0 saturated carbocycles. The summed E-state index contributed by atoms with van der Waals surface area (Å²) in [5.41, 5.74) is 0.875. The fourth-order valence-corrected chi connectivity index (χ4v) is 1.69. The number of likely N-dealkylation sites (N-methyl/N-ethyl adjacent to an activating group) is 1. The van der Waals surface area contributed by atoms with Crippen LogP contribution in [0.3, 0.4) is 0 Å². The number of benzene rings is 1. The summed E-state index contributed by atoms with van der Waals surface area (Å²) in [6.07, 6.45) is 2.63. The van der Waals surface area contributed by atoms with Gasteiger partial charge in [-0.15, -0.1) is 0 Å². The van der Waals surface area contributed by atoms with Crippen LogP contribution in [0.1, 0.15) is 25.3 Å². The van der Waals surface area contributed by atoms with Crippen LogP contribution in [0.2, 0.25) is 0 Å². The average Bonchev–Trinajstić information content (AvgIpc) is 2.29. The first-order chi connectivity index (χ1) is 8.11. The lowest BCUT2D eigenvalue weighted by Crippen LogP contribution is -2.27. The molecule has 94 valence electrons. The molecular formula is C14H20FNO. The molecule has 0 bridgehead atoms. The van der Waals surface area contributed by atoms with Gasteiger partial charge >= 0.3 is 0 Å². The zero-order chi connectivity index (χ0) is 12.7. The molecule has 1 aromatic rings. The highest BCUT2D eigenvalue weighted by atomic mass is 19.1. The maximum atomic E-state index is 12.7. The van der Waals surface area contributed by atoms with E-state index in [2.05, 4.69) is 6.92 Å². The van der Waals surface area contributed by atoms with E-state index in [1.807, 2.05) is 11.9 Å². The van der Waals surface area contributed by atoms with Gasteiger partial charge in [0.15, 0.2) is 5.78 Å². The van der Waals surface area contributed by atoms with Crippen molar-refractivity contribution in [1.82, 2.24) is 4.90 Å². The molecule has 0 aliphatic rings. The first kappa shape index (κ1) is 13.8. The van der Waals surface area contributed by atoms with Crippen LogP contribution >= 0.6 is 0 Å². The Hall–Kier alpha value is -1.22. The molecule has 0 aromatic heterocycles. The molecule has 0 aliphatic heterocycles. The van der Waals surface area contributed by atoms with Crippen LogP contribution in [-0.4, -0.2) is 30.8 Å². The minimum Gasteiger partial charge on any atom is -0.299 e. The van der Waals surface area contributed by atoms with Crippen LogP contribution in [0.5, 0.6) is 0 Å². The maximum Gasteiger partial charge on any atom is 0.151 e. The van der Waals surface area contributed by atoms with Crippen molar-refractivity contribution in [2.45, 2.75) is 26.2 Å². The third-order valence-corrected chi connectivity index (χ3v) is 2.65. The van der Waals surface area contributed by atoms with E-state index in [0.29, 0.717) is 13.0 Å². The lowest BCUT2D eigenvalue weighted by atomic mass is 10.1. The first-order valence-electron chi connectivity index (χ1n) is 6.06. The largest absolute Gasteiger partial charge is 0.299 e. The summed E-state index contributed by atoms with van der Waals surface area (Å²) in [4.78, 5) is 13.8. The molecule has 0 saturated heterocycles. The fraction of sp³-hybridized carbons (Fsp3) is 0.500. The minimum absolute atomic E-state index is 0.176. The van der Waals surface area contributed by atoms with E-state index in [1.54, 1.807) is 12.1 Å². The lowest BCUT2D eigenvalue weighted by Gasteiger charge is -2.14. The van der Waals surface area contributed by atoms with Crippen molar-refractivity contribution in [1.29, 1.82) is 0 Å². The Balaban J connectivity index is 2.36. The Bertz CT molecular complexity index is 348. The number of hydrogen-bond donors (Lipinski definition) is 0. The van der Waals surface area contributed by atoms with Gasteiger partial charge in [0.2, 0.25) is 0 Å². The minimum atomic E-state index is -0.263. The van der Waals surface area contributed by atoms with Gasteiger partial charge in [0.1, 0.15) is 5.82 Å². The van der Waals surface area contributed by atoms with Gasteiger partial charge in [0.05, 0.1) is 6.54 Å². The Kier molecular flexibility index (Phi) is 5.84. The Morgan fingerprint density at radius 1 is 1.29 bits per heavy atom. The number of carbonyl (C=O) groups is 1. The van der Waals surface area contributed by atoms with Crippen LogP contribution in [0, 0.1) is 5.82 Å². The van der Waals surface area contributed by atoms with Crippen molar-refractivity contribution < 1.29 is 9.18 Å². The average molecular weight is 237 g/mol. The Morgan fingerprint density at radius 2 is 1.94 bits per heavy atom. The molecule has 0 fully saturated rings. The number of ketones is 1. The number of hydrogen-bond acceptors (Lipinski definition) is 2. The molecule has 1 aromatic carbocycles. The molecule has 0 radical (unpaired) electrons. The second kappa shape index (κ2) is 7.17. The maximum absolute atomic E-state index is 12.7. The van der Waals surface area contributed by atoms with Gasteiger partial charge in [-0.25, -0.2) is 4.39 Å². The normalized spacial score (nSPS) is 10.8. The highest BCUT2D eigenvalue weighted by Gasteiger charge is 2.07. The molecule has 0 spiro atoms. The van der Waals surface area contributed by atoms with Gasteiger partial charge in [0.25, 0.3) is 0 Å².